The molecule has 0 radical (unpaired) electrons. The summed E-state index contributed by atoms with van der Waals surface area (Å²) < 4.78 is 0. The number of nitrogen functional groups attached to an aromatic ring is 1. The number of nitrogens with zero attached hydrogens (tertiary/aromatic N) is 4. The van der Waals surface area contributed by atoms with Crippen LogP contribution in [-0.4, -0.2) is 26.6 Å². The van der Waals surface area contributed by atoms with Gasteiger partial charge in [0.2, 0.25) is 5.95 Å². The summed E-state index contributed by atoms with van der Waals surface area (Å²) >= 11 is 1.45. The molecule has 1 unspecified atom stereocenters. The number of thiazole rings is 1. The number of rotatable bonds is 3. The van der Waals surface area contributed by atoms with Gasteiger partial charge in [-0.05, 0) is 31.0 Å². The van der Waals surface area contributed by atoms with E-state index in [-0.39, 0.29) is 11.4 Å². The van der Waals surface area contributed by atoms with Crippen molar-refractivity contribution < 1.29 is 5.11 Å². The lowest BCUT2D eigenvalue weighted by molar-refractivity contribution is 0.102. The average Bonchev–Trinajstić information content (AvgIpc) is 3.24. The van der Waals surface area contributed by atoms with Gasteiger partial charge in [0.1, 0.15) is 16.4 Å². The second-order valence-corrected chi connectivity index (χ2v) is 8.74. The van der Waals surface area contributed by atoms with Crippen molar-refractivity contribution in [2.45, 2.75) is 38.7 Å². The molecule has 140 valence electrons. The molecule has 1 atom stereocenters. The van der Waals surface area contributed by atoms with Crippen molar-refractivity contribution in [3.63, 3.8) is 0 Å². The maximum absolute atomic E-state index is 11.1. The number of hydrogen-bond donors (Lipinski definition) is 2. The van der Waals surface area contributed by atoms with Gasteiger partial charge in [-0.3, -0.25) is 0 Å². The van der Waals surface area contributed by atoms with Crippen molar-refractivity contribution in [3.05, 3.63) is 57.7 Å². The smallest absolute Gasteiger partial charge is 0.221 e. The van der Waals surface area contributed by atoms with Crippen LogP contribution in [0.4, 0.5) is 17.5 Å². The Morgan fingerprint density at radius 1 is 1.30 bits per heavy atom. The molecule has 0 saturated carbocycles. The van der Waals surface area contributed by atoms with Crippen LogP contribution in [0.5, 0.6) is 0 Å². The number of nitrogens with two attached hydrogens (primary N) is 1. The molecule has 0 aliphatic carbocycles. The molecule has 3 aromatic rings. The van der Waals surface area contributed by atoms with Crippen LogP contribution in [0.2, 0.25) is 0 Å². The Kier molecular flexibility index (Phi) is 3.98. The molecular weight excluding hydrogens is 358 g/mol. The molecule has 7 heteroatoms. The Hall–Kier alpha value is -2.51. The highest BCUT2D eigenvalue weighted by molar-refractivity contribution is 7.09. The summed E-state index contributed by atoms with van der Waals surface area (Å²) in [7, 11) is 0. The van der Waals surface area contributed by atoms with Crippen LogP contribution >= 0.6 is 11.3 Å². The largest absolute Gasteiger partial charge is 0.378 e. The summed E-state index contributed by atoms with van der Waals surface area (Å²) in [4.78, 5) is 15.0. The van der Waals surface area contributed by atoms with E-state index in [9.17, 15) is 5.11 Å². The normalized spacial score (nSPS) is 17.6. The Labute approximate surface area is 162 Å². The van der Waals surface area contributed by atoms with Gasteiger partial charge in [-0.1, -0.05) is 26.0 Å². The van der Waals surface area contributed by atoms with E-state index in [2.05, 4.69) is 39.8 Å². The van der Waals surface area contributed by atoms with Crippen LogP contribution in [0.1, 0.15) is 42.5 Å². The topological polar surface area (TPSA) is 88.2 Å². The fourth-order valence-electron chi connectivity index (χ4n) is 3.69. The fourth-order valence-corrected chi connectivity index (χ4v) is 4.41. The summed E-state index contributed by atoms with van der Waals surface area (Å²) in [5, 5.41) is 13.7. The molecule has 0 bridgehead atoms. The molecule has 4 rings (SSSR count). The second-order valence-electron chi connectivity index (χ2n) is 7.85. The van der Waals surface area contributed by atoms with Gasteiger partial charge in [-0.15, -0.1) is 11.3 Å². The van der Waals surface area contributed by atoms with Crippen LogP contribution in [0.15, 0.2) is 36.0 Å². The SMILES string of the molecule is Cc1cnc(N)nc1N1CC(C)(C)c2ccc(C(C)(O)c3nccs3)cc21. The Balaban J connectivity index is 1.86. The monoisotopic (exact) mass is 381 g/mol. The van der Waals surface area contributed by atoms with E-state index in [1.54, 1.807) is 19.3 Å². The summed E-state index contributed by atoms with van der Waals surface area (Å²) in [5.41, 5.74) is 8.68. The quantitative estimate of drug-likeness (QED) is 0.722. The first-order chi connectivity index (χ1) is 12.7. The molecule has 0 saturated heterocycles. The van der Waals surface area contributed by atoms with Gasteiger partial charge < -0.3 is 15.7 Å². The highest BCUT2D eigenvalue weighted by Crippen LogP contribution is 2.46. The highest BCUT2D eigenvalue weighted by Gasteiger charge is 2.39. The van der Waals surface area contributed by atoms with Gasteiger partial charge in [-0.2, -0.15) is 4.98 Å². The van der Waals surface area contributed by atoms with Crippen molar-refractivity contribution in [1.29, 1.82) is 0 Å². The Morgan fingerprint density at radius 2 is 2.07 bits per heavy atom. The molecular formula is C20H23N5OS. The van der Waals surface area contributed by atoms with Crippen LogP contribution < -0.4 is 10.6 Å². The zero-order valence-electron chi connectivity index (χ0n) is 15.9. The van der Waals surface area contributed by atoms with Gasteiger partial charge in [0, 0.05) is 41.0 Å². The minimum atomic E-state index is -1.15. The maximum Gasteiger partial charge on any atom is 0.221 e. The van der Waals surface area contributed by atoms with Crippen LogP contribution in [0, 0.1) is 6.92 Å². The van der Waals surface area contributed by atoms with E-state index in [0.29, 0.717) is 5.01 Å². The van der Waals surface area contributed by atoms with Gasteiger partial charge in [0.25, 0.3) is 0 Å². The molecule has 27 heavy (non-hydrogen) atoms. The molecule has 1 aromatic carbocycles. The third-order valence-electron chi connectivity index (χ3n) is 5.20. The highest BCUT2D eigenvalue weighted by atomic mass is 32.1. The number of fused-ring (bicyclic) bond motifs is 1. The summed E-state index contributed by atoms with van der Waals surface area (Å²) in [5.74, 6) is 1.06. The summed E-state index contributed by atoms with van der Waals surface area (Å²) in [6.07, 6.45) is 3.46. The van der Waals surface area contributed by atoms with Crippen molar-refractivity contribution in [3.8, 4) is 0 Å². The number of benzene rings is 1. The Morgan fingerprint density at radius 3 is 2.78 bits per heavy atom. The number of aromatic nitrogens is 3. The van der Waals surface area contributed by atoms with E-state index in [1.165, 1.54) is 16.9 Å². The maximum atomic E-state index is 11.1. The first-order valence-electron chi connectivity index (χ1n) is 8.84. The molecule has 0 amide bonds. The Bertz CT molecular complexity index is 998. The molecule has 0 spiro atoms. The average molecular weight is 382 g/mol. The van der Waals surface area contributed by atoms with Crippen molar-refractivity contribution in [2.75, 3.05) is 17.2 Å². The number of anilines is 3. The first-order valence-corrected chi connectivity index (χ1v) is 9.72. The summed E-state index contributed by atoms with van der Waals surface area (Å²) in [6.45, 7) is 8.97. The van der Waals surface area contributed by atoms with E-state index in [1.807, 2.05) is 24.4 Å². The second kappa shape index (κ2) is 6.00. The molecule has 2 aromatic heterocycles. The van der Waals surface area contributed by atoms with E-state index in [0.717, 1.165) is 29.2 Å². The van der Waals surface area contributed by atoms with Crippen molar-refractivity contribution >= 4 is 28.8 Å². The number of hydrogen-bond acceptors (Lipinski definition) is 7. The molecule has 3 heterocycles. The third-order valence-corrected chi connectivity index (χ3v) is 6.19. The van der Waals surface area contributed by atoms with E-state index >= 15 is 0 Å². The lowest BCUT2D eigenvalue weighted by Gasteiger charge is -2.25. The molecule has 0 fully saturated rings. The van der Waals surface area contributed by atoms with Gasteiger partial charge in [0.05, 0.1) is 0 Å². The lowest BCUT2D eigenvalue weighted by Crippen LogP contribution is -2.26. The van der Waals surface area contributed by atoms with Crippen LogP contribution in [0.3, 0.4) is 0 Å². The van der Waals surface area contributed by atoms with Gasteiger partial charge in [0.15, 0.2) is 0 Å². The molecule has 3 N–H and O–H groups in total. The predicted octanol–water partition coefficient (Wildman–Crippen LogP) is 3.51. The fraction of sp³-hybridized carbons (Fsp3) is 0.350. The lowest BCUT2D eigenvalue weighted by atomic mass is 9.85. The van der Waals surface area contributed by atoms with Gasteiger partial charge >= 0.3 is 0 Å². The third kappa shape index (κ3) is 2.87. The zero-order valence-corrected chi connectivity index (χ0v) is 16.7. The molecule has 6 nitrogen and oxygen atoms in total. The summed E-state index contributed by atoms with van der Waals surface area (Å²) in [6, 6.07) is 6.14. The minimum absolute atomic E-state index is 0.0486. The van der Waals surface area contributed by atoms with Crippen LogP contribution in [-0.2, 0) is 11.0 Å². The molecule has 1 aliphatic heterocycles. The standard InChI is InChI=1S/C20H23N5OS/c1-12-10-23-18(21)24-16(12)25-11-19(2,3)14-6-5-13(9-15(14)25)20(4,26)17-22-7-8-27-17/h5-10,26H,11H2,1-4H3,(H2,21,23,24). The van der Waals surface area contributed by atoms with Gasteiger partial charge in [-0.25, -0.2) is 9.97 Å². The van der Waals surface area contributed by atoms with Crippen molar-refractivity contribution in [2.24, 2.45) is 0 Å². The van der Waals surface area contributed by atoms with Crippen molar-refractivity contribution in [1.82, 2.24) is 15.0 Å². The zero-order chi connectivity index (χ0) is 19.4. The first kappa shape index (κ1) is 17.9. The molecule has 1 aliphatic rings. The van der Waals surface area contributed by atoms with E-state index < -0.39 is 5.60 Å². The van der Waals surface area contributed by atoms with Crippen LogP contribution in [0.25, 0.3) is 0 Å². The number of aliphatic hydroxyl groups is 1. The predicted molar refractivity (Wildman–Crippen MR) is 108 cm³/mol. The minimum Gasteiger partial charge on any atom is -0.378 e. The number of aryl methyl sites for hydroxylation is 1. The van der Waals surface area contributed by atoms with E-state index in [4.69, 9.17) is 5.73 Å².